The second-order valence-corrected chi connectivity index (χ2v) is 16.8. The van der Waals surface area contributed by atoms with Gasteiger partial charge in [0.05, 0.1) is 16.4 Å². The molecule has 2 aliphatic rings. The van der Waals surface area contributed by atoms with Gasteiger partial charge in [-0.1, -0.05) is 172 Å². The molecule has 0 atom stereocenters. The molecular weight excluding hydrogens is 725 g/mol. The van der Waals surface area contributed by atoms with E-state index in [2.05, 4.69) is 242 Å². The van der Waals surface area contributed by atoms with Crippen molar-refractivity contribution in [2.24, 2.45) is 0 Å². The van der Waals surface area contributed by atoms with Crippen LogP contribution in [0.5, 0.6) is 0 Å². The first kappa shape index (κ1) is 34.6. The molecule has 0 saturated carbocycles. The maximum atomic E-state index is 2.39. The van der Waals surface area contributed by atoms with Crippen LogP contribution in [0.15, 0.2) is 218 Å². The van der Waals surface area contributed by atoms with Crippen LogP contribution in [0.25, 0.3) is 49.7 Å². The molecule has 0 bridgehead atoms. The minimum atomic E-state index is -0.420. The molecule has 2 aliphatic carbocycles. The Morgan fingerprint density at radius 2 is 0.883 bits per heavy atom. The molecule has 284 valence electrons. The molecule has 12 rings (SSSR count). The first-order chi connectivity index (χ1) is 29.5. The van der Waals surface area contributed by atoms with Crippen molar-refractivity contribution in [1.82, 2.24) is 4.57 Å². The fourth-order valence-electron chi connectivity index (χ4n) is 10.9. The molecule has 1 heterocycles. The maximum Gasteiger partial charge on any atom is 0.0719 e. The SMILES string of the molecule is CC1(C)c2ccccc2C2(c3ccccc3-c3c(-c4ccc(N(c5ccccc5)c5ccc6c(c5)c5ccccc5n6-c5ccccc5)cc4)cccc32)c2ccccc21. The minimum Gasteiger partial charge on any atom is -0.310 e. The van der Waals surface area contributed by atoms with Crippen molar-refractivity contribution in [2.75, 3.05) is 4.90 Å². The van der Waals surface area contributed by atoms with Gasteiger partial charge in [-0.25, -0.2) is 0 Å². The van der Waals surface area contributed by atoms with Gasteiger partial charge in [0.25, 0.3) is 0 Å². The largest absolute Gasteiger partial charge is 0.310 e. The Bertz CT molecular complexity index is 3230. The summed E-state index contributed by atoms with van der Waals surface area (Å²) in [5.74, 6) is 0. The van der Waals surface area contributed by atoms with Gasteiger partial charge in [0.1, 0.15) is 0 Å². The molecule has 0 N–H and O–H groups in total. The number of hydrogen-bond donors (Lipinski definition) is 0. The lowest BCUT2D eigenvalue weighted by Crippen LogP contribution is -2.40. The summed E-state index contributed by atoms with van der Waals surface area (Å²) in [6, 6.07) is 80.8. The van der Waals surface area contributed by atoms with Crippen LogP contribution in [0.2, 0.25) is 0 Å². The number of nitrogens with zero attached hydrogens (tertiary/aromatic N) is 2. The Kier molecular flexibility index (Phi) is 7.52. The van der Waals surface area contributed by atoms with Gasteiger partial charge in [-0.15, -0.1) is 0 Å². The predicted octanol–water partition coefficient (Wildman–Crippen LogP) is 14.9. The van der Waals surface area contributed by atoms with Gasteiger partial charge in [-0.2, -0.15) is 0 Å². The highest BCUT2D eigenvalue weighted by atomic mass is 15.1. The van der Waals surface area contributed by atoms with Crippen LogP contribution in [0.4, 0.5) is 17.1 Å². The molecule has 0 aliphatic heterocycles. The maximum absolute atomic E-state index is 2.39. The lowest BCUT2D eigenvalue weighted by molar-refractivity contribution is 0.563. The summed E-state index contributed by atoms with van der Waals surface area (Å²) < 4.78 is 2.38. The molecular formula is C58H42N2. The number of fused-ring (bicyclic) bond motifs is 12. The minimum absolute atomic E-state index is 0.127. The smallest absolute Gasteiger partial charge is 0.0719 e. The Morgan fingerprint density at radius 3 is 1.60 bits per heavy atom. The van der Waals surface area contributed by atoms with E-state index in [1.165, 1.54) is 77.4 Å². The average Bonchev–Trinajstić information content (AvgIpc) is 3.80. The zero-order valence-electron chi connectivity index (χ0n) is 33.7. The number of benzene rings is 9. The van der Waals surface area contributed by atoms with E-state index in [0.717, 1.165) is 22.7 Å². The fourth-order valence-corrected chi connectivity index (χ4v) is 10.9. The summed E-state index contributed by atoms with van der Waals surface area (Å²) in [6.45, 7) is 4.77. The zero-order chi connectivity index (χ0) is 40.0. The van der Waals surface area contributed by atoms with Crippen LogP contribution in [-0.4, -0.2) is 4.57 Å². The normalized spacial score (nSPS) is 14.1. The van der Waals surface area contributed by atoms with E-state index in [1.807, 2.05) is 0 Å². The average molecular weight is 767 g/mol. The number of anilines is 3. The van der Waals surface area contributed by atoms with Gasteiger partial charge < -0.3 is 9.47 Å². The van der Waals surface area contributed by atoms with E-state index < -0.39 is 5.41 Å². The van der Waals surface area contributed by atoms with Crippen molar-refractivity contribution in [3.63, 3.8) is 0 Å². The first-order valence-corrected chi connectivity index (χ1v) is 21.0. The highest BCUT2D eigenvalue weighted by Crippen LogP contribution is 2.63. The van der Waals surface area contributed by atoms with E-state index in [-0.39, 0.29) is 5.41 Å². The quantitative estimate of drug-likeness (QED) is 0.169. The topological polar surface area (TPSA) is 8.17 Å². The third-order valence-electron chi connectivity index (χ3n) is 13.5. The molecule has 0 fully saturated rings. The van der Waals surface area contributed by atoms with Crippen molar-refractivity contribution in [2.45, 2.75) is 24.7 Å². The second kappa shape index (κ2) is 13.0. The summed E-state index contributed by atoms with van der Waals surface area (Å²) in [5, 5.41) is 2.47. The molecule has 0 unspecified atom stereocenters. The van der Waals surface area contributed by atoms with Gasteiger partial charge in [0, 0.05) is 38.9 Å². The van der Waals surface area contributed by atoms with E-state index in [1.54, 1.807) is 0 Å². The van der Waals surface area contributed by atoms with Crippen molar-refractivity contribution in [1.29, 1.82) is 0 Å². The van der Waals surface area contributed by atoms with Crippen LogP contribution < -0.4 is 4.90 Å². The Labute approximate surface area is 351 Å². The second-order valence-electron chi connectivity index (χ2n) is 16.8. The number of hydrogen-bond acceptors (Lipinski definition) is 1. The summed E-state index contributed by atoms with van der Waals surface area (Å²) in [5.41, 5.74) is 19.7. The van der Waals surface area contributed by atoms with E-state index >= 15 is 0 Å². The molecule has 10 aromatic rings. The van der Waals surface area contributed by atoms with Crippen molar-refractivity contribution >= 4 is 38.9 Å². The van der Waals surface area contributed by atoms with E-state index in [0.29, 0.717) is 0 Å². The van der Waals surface area contributed by atoms with Crippen molar-refractivity contribution < 1.29 is 0 Å². The van der Waals surface area contributed by atoms with Gasteiger partial charge in [0.2, 0.25) is 0 Å². The van der Waals surface area contributed by atoms with Crippen LogP contribution in [0, 0.1) is 0 Å². The Hall–Kier alpha value is -7.42. The molecule has 1 aromatic heterocycles. The Morgan fingerprint density at radius 1 is 0.367 bits per heavy atom. The van der Waals surface area contributed by atoms with E-state index in [4.69, 9.17) is 0 Å². The summed E-state index contributed by atoms with van der Waals surface area (Å²) in [7, 11) is 0. The summed E-state index contributed by atoms with van der Waals surface area (Å²) in [4.78, 5) is 2.38. The first-order valence-electron chi connectivity index (χ1n) is 21.0. The fraction of sp³-hybridized carbons (Fsp3) is 0.0690. The molecule has 60 heavy (non-hydrogen) atoms. The molecule has 1 spiro atoms. The number of aromatic nitrogens is 1. The lowest BCUT2D eigenvalue weighted by atomic mass is 9.55. The van der Waals surface area contributed by atoms with Crippen LogP contribution in [0.3, 0.4) is 0 Å². The van der Waals surface area contributed by atoms with Crippen molar-refractivity contribution in [3.05, 3.63) is 252 Å². The summed E-state index contributed by atoms with van der Waals surface area (Å²) >= 11 is 0. The lowest BCUT2D eigenvalue weighted by Gasteiger charge is -2.46. The number of rotatable bonds is 5. The van der Waals surface area contributed by atoms with Gasteiger partial charge in [-0.05, 0) is 116 Å². The Balaban J connectivity index is 1.02. The highest BCUT2D eigenvalue weighted by Gasteiger charge is 2.53. The van der Waals surface area contributed by atoms with Gasteiger partial charge in [-0.3, -0.25) is 0 Å². The molecule has 0 saturated heterocycles. The molecule has 0 radical (unpaired) electrons. The molecule has 2 nitrogen and oxygen atoms in total. The molecule has 0 amide bonds. The van der Waals surface area contributed by atoms with Crippen molar-refractivity contribution in [3.8, 4) is 27.9 Å². The van der Waals surface area contributed by atoms with Gasteiger partial charge in [0.15, 0.2) is 0 Å². The molecule has 9 aromatic carbocycles. The van der Waals surface area contributed by atoms with Crippen LogP contribution in [-0.2, 0) is 10.8 Å². The van der Waals surface area contributed by atoms with Crippen LogP contribution >= 0.6 is 0 Å². The third kappa shape index (κ3) is 4.76. The summed E-state index contributed by atoms with van der Waals surface area (Å²) in [6.07, 6.45) is 0. The zero-order valence-corrected chi connectivity index (χ0v) is 33.7. The predicted molar refractivity (Wildman–Crippen MR) is 250 cm³/mol. The monoisotopic (exact) mass is 766 g/mol. The molecule has 2 heteroatoms. The third-order valence-corrected chi connectivity index (χ3v) is 13.5. The van der Waals surface area contributed by atoms with Gasteiger partial charge >= 0.3 is 0 Å². The van der Waals surface area contributed by atoms with Crippen LogP contribution in [0.1, 0.15) is 47.2 Å². The highest BCUT2D eigenvalue weighted by molar-refractivity contribution is 6.10. The standard InChI is InChI=1S/C58H42N2/c1-57(2)49-26-12-14-28-51(49)58(52-29-15-13-27-50(52)57)48-25-11-9-23-46(48)56-44(24-17-30-53(56)58)39-32-34-42(35-33-39)59(40-18-5-3-6-19-40)43-36-37-55-47(38-43)45-22-10-16-31-54(45)60(55)41-20-7-4-8-21-41/h3-38H,1-2H3. The van der Waals surface area contributed by atoms with E-state index in [9.17, 15) is 0 Å². The number of para-hydroxylation sites is 3.